The molecule has 1 aliphatic carbocycles. The molecule has 19 heavy (non-hydrogen) atoms. The van der Waals surface area contributed by atoms with Crippen LogP contribution in [0.4, 0.5) is 0 Å². The molecule has 1 saturated carbocycles. The van der Waals surface area contributed by atoms with Crippen LogP contribution in [-0.2, 0) is 14.9 Å². The van der Waals surface area contributed by atoms with Gasteiger partial charge in [0.15, 0.2) is 0 Å². The second-order valence-electron chi connectivity index (χ2n) is 5.53. The zero-order chi connectivity index (χ0) is 16.8. The van der Waals surface area contributed by atoms with Crippen LogP contribution < -0.4 is 0 Å². The van der Waals surface area contributed by atoms with Crippen molar-refractivity contribution in [2.75, 3.05) is 6.61 Å². The summed E-state index contributed by atoms with van der Waals surface area (Å²) in [5.41, 5.74) is -0.563. The van der Waals surface area contributed by atoms with Gasteiger partial charge in [-0.05, 0) is 37.8 Å². The number of pyridine rings is 1. The first kappa shape index (κ1) is 8.85. The van der Waals surface area contributed by atoms with Gasteiger partial charge in [-0.2, -0.15) is 0 Å². The summed E-state index contributed by atoms with van der Waals surface area (Å²) in [6, 6.07) is 5.59. The molecule has 3 nitrogen and oxygen atoms in total. The molecule has 1 atom stereocenters. The van der Waals surface area contributed by atoms with Crippen molar-refractivity contribution in [3.63, 3.8) is 0 Å². The highest BCUT2D eigenvalue weighted by Gasteiger charge is 2.48. The number of aldehydes is 1. The third-order valence-corrected chi connectivity index (χ3v) is 4.28. The van der Waals surface area contributed by atoms with Crippen molar-refractivity contribution in [1.82, 2.24) is 4.98 Å². The van der Waals surface area contributed by atoms with E-state index in [0.29, 0.717) is 25.9 Å². The Balaban J connectivity index is 1.97. The Morgan fingerprint density at radius 3 is 2.89 bits per heavy atom. The van der Waals surface area contributed by atoms with E-state index in [1.165, 1.54) is 0 Å². The number of ether oxygens (including phenoxy) is 1. The molecule has 0 aromatic carbocycles. The molecule has 1 aliphatic heterocycles. The van der Waals surface area contributed by atoms with E-state index in [1.807, 2.05) is 18.2 Å². The minimum Gasteiger partial charge on any atom is -0.375 e. The van der Waals surface area contributed by atoms with Gasteiger partial charge in [0, 0.05) is 35.8 Å². The fourth-order valence-corrected chi connectivity index (χ4v) is 3.29. The lowest BCUT2D eigenvalue weighted by Crippen LogP contribution is -2.46. The summed E-state index contributed by atoms with van der Waals surface area (Å²) in [5.74, 6) is 0. The van der Waals surface area contributed by atoms with Crippen LogP contribution in [0.2, 0.25) is 0 Å². The summed E-state index contributed by atoms with van der Waals surface area (Å²) in [6.45, 7) is 0.385. The average Bonchev–Trinajstić information content (AvgIpc) is 2.64. The third kappa shape index (κ3) is 2.32. The van der Waals surface area contributed by atoms with Gasteiger partial charge in [0.05, 0.1) is 5.60 Å². The van der Waals surface area contributed by atoms with Gasteiger partial charge in [0.2, 0.25) is 0 Å². The highest BCUT2D eigenvalue weighted by atomic mass is 16.5. The Kier molecular flexibility index (Phi) is 2.35. The molecular formula is C16H21NO2. The number of hydrogen-bond donors (Lipinski definition) is 0. The van der Waals surface area contributed by atoms with Crippen molar-refractivity contribution in [3.05, 3.63) is 30.1 Å². The molecule has 0 N–H and O–H groups in total. The lowest BCUT2D eigenvalue weighted by Gasteiger charge is -2.45. The van der Waals surface area contributed by atoms with E-state index in [0.717, 1.165) is 12.0 Å². The van der Waals surface area contributed by atoms with Crippen LogP contribution in [0.5, 0.6) is 0 Å². The highest BCUT2D eigenvalue weighted by Crippen LogP contribution is 2.49. The molecule has 0 unspecified atom stereocenters. The number of hydrogen-bond acceptors (Lipinski definition) is 3. The average molecular weight is 263 g/mol. The first-order chi connectivity index (χ1) is 10.7. The minimum atomic E-state index is -1.93. The van der Waals surface area contributed by atoms with Gasteiger partial charge in [-0.15, -0.1) is 0 Å². The Hall–Kier alpha value is -1.22. The molecule has 2 aliphatic rings. The SMILES string of the molecule is [2H]C1([2H])CC2(CC1([2H])[2H])C[C@](CC=O)(c1ccccn1)CCO2. The standard InChI is InChI=1S/C16H21NO2/c18-11-8-15(14-5-1-4-10-17-14)9-12-19-16(13-15)6-2-3-7-16/h1,4-5,10-11H,2-3,6-9,12-13H2/t15-/m1/s1/i2D2,3D2. The molecule has 0 amide bonds. The number of nitrogens with zero attached hydrogens (tertiary/aromatic N) is 1. The van der Waals surface area contributed by atoms with Crippen molar-refractivity contribution in [2.45, 2.75) is 55.9 Å². The van der Waals surface area contributed by atoms with Crippen molar-refractivity contribution in [1.29, 1.82) is 0 Å². The van der Waals surface area contributed by atoms with Crippen molar-refractivity contribution >= 4 is 6.29 Å². The van der Waals surface area contributed by atoms with Crippen LogP contribution in [0.25, 0.3) is 0 Å². The molecule has 2 heterocycles. The van der Waals surface area contributed by atoms with Crippen LogP contribution in [0, 0.1) is 0 Å². The second kappa shape index (κ2) is 5.04. The lowest BCUT2D eigenvalue weighted by molar-refractivity contribution is -0.118. The van der Waals surface area contributed by atoms with Gasteiger partial charge in [-0.3, -0.25) is 4.98 Å². The van der Waals surface area contributed by atoms with Crippen molar-refractivity contribution in [3.8, 4) is 0 Å². The molecule has 1 aromatic rings. The van der Waals surface area contributed by atoms with E-state index >= 15 is 0 Å². The summed E-state index contributed by atoms with van der Waals surface area (Å²) in [4.78, 5) is 15.7. The molecule has 2 fully saturated rings. The fraction of sp³-hybridized carbons (Fsp3) is 0.625. The second-order valence-corrected chi connectivity index (χ2v) is 5.53. The van der Waals surface area contributed by atoms with E-state index in [9.17, 15) is 4.79 Å². The molecule has 102 valence electrons. The largest absolute Gasteiger partial charge is 0.375 e. The van der Waals surface area contributed by atoms with Gasteiger partial charge < -0.3 is 9.53 Å². The predicted octanol–water partition coefficient (Wildman–Crippen LogP) is 3.03. The maximum atomic E-state index is 11.3. The van der Waals surface area contributed by atoms with E-state index in [2.05, 4.69) is 4.98 Å². The highest BCUT2D eigenvalue weighted by molar-refractivity contribution is 5.53. The number of carbonyl (C=O) groups is 1. The molecule has 1 aromatic heterocycles. The van der Waals surface area contributed by atoms with Gasteiger partial charge in [-0.1, -0.05) is 18.8 Å². The molecular weight excluding hydrogens is 238 g/mol. The van der Waals surface area contributed by atoms with Crippen LogP contribution in [-0.4, -0.2) is 23.5 Å². The van der Waals surface area contributed by atoms with Crippen LogP contribution in [0.3, 0.4) is 0 Å². The number of rotatable bonds is 3. The molecule has 0 bridgehead atoms. The predicted molar refractivity (Wildman–Crippen MR) is 73.0 cm³/mol. The maximum absolute atomic E-state index is 11.3. The minimum absolute atomic E-state index is 0.0143. The van der Waals surface area contributed by atoms with Gasteiger partial charge in [0.25, 0.3) is 0 Å². The molecule has 0 radical (unpaired) electrons. The fourth-order valence-electron chi connectivity index (χ4n) is 3.29. The summed E-state index contributed by atoms with van der Waals surface area (Å²) in [6.07, 6.45) is 0.0964. The molecule has 1 saturated heterocycles. The van der Waals surface area contributed by atoms with Gasteiger partial charge in [0.1, 0.15) is 6.29 Å². The maximum Gasteiger partial charge on any atom is 0.120 e. The first-order valence-electron chi connectivity index (χ1n) is 8.74. The smallest absolute Gasteiger partial charge is 0.120 e. The van der Waals surface area contributed by atoms with E-state index < -0.39 is 23.8 Å². The summed E-state index contributed by atoms with van der Waals surface area (Å²) in [7, 11) is 0. The Morgan fingerprint density at radius 1 is 1.37 bits per heavy atom. The van der Waals surface area contributed by atoms with Crippen LogP contribution >= 0.6 is 0 Å². The number of carbonyl (C=O) groups excluding carboxylic acids is 1. The van der Waals surface area contributed by atoms with E-state index in [-0.39, 0.29) is 12.8 Å². The summed E-state index contributed by atoms with van der Waals surface area (Å²) >= 11 is 0. The summed E-state index contributed by atoms with van der Waals surface area (Å²) in [5, 5.41) is 0. The Labute approximate surface area is 120 Å². The zero-order valence-corrected chi connectivity index (χ0v) is 10.9. The first-order valence-corrected chi connectivity index (χ1v) is 6.74. The molecule has 3 rings (SSSR count). The van der Waals surface area contributed by atoms with Crippen LogP contribution in [0.1, 0.15) is 56.0 Å². The lowest BCUT2D eigenvalue weighted by atomic mass is 9.68. The van der Waals surface area contributed by atoms with Crippen molar-refractivity contribution < 1.29 is 15.0 Å². The van der Waals surface area contributed by atoms with Gasteiger partial charge >= 0.3 is 0 Å². The van der Waals surface area contributed by atoms with Crippen molar-refractivity contribution in [2.24, 2.45) is 0 Å². The molecule has 1 spiro atoms. The summed E-state index contributed by atoms with van der Waals surface area (Å²) < 4.78 is 37.9. The monoisotopic (exact) mass is 263 g/mol. The normalized spacial score (nSPS) is 37.9. The van der Waals surface area contributed by atoms with E-state index in [4.69, 9.17) is 10.2 Å². The van der Waals surface area contributed by atoms with E-state index in [1.54, 1.807) is 6.20 Å². The number of aromatic nitrogens is 1. The van der Waals surface area contributed by atoms with Gasteiger partial charge in [-0.25, -0.2) is 0 Å². The Bertz CT molecular complexity index is 577. The Morgan fingerprint density at radius 2 is 2.21 bits per heavy atom. The molecule has 3 heteroatoms. The quantitative estimate of drug-likeness (QED) is 0.787. The zero-order valence-electron chi connectivity index (χ0n) is 14.9. The van der Waals surface area contributed by atoms with Crippen LogP contribution in [0.15, 0.2) is 24.4 Å². The third-order valence-electron chi connectivity index (χ3n) is 4.28. The topological polar surface area (TPSA) is 39.2 Å².